The number of hydrogen-bond acceptors (Lipinski definition) is 3. The van der Waals surface area contributed by atoms with E-state index in [1.165, 1.54) is 6.08 Å². The number of unbranched alkanes of at least 4 members (excludes halogenated alkanes) is 3. The molecule has 0 heterocycles. The molecule has 7 heteroatoms. The van der Waals surface area contributed by atoms with E-state index >= 15 is 0 Å². The second-order valence-electron chi connectivity index (χ2n) is 5.28. The maximum Gasteiger partial charge on any atom is 0.341 e. The van der Waals surface area contributed by atoms with E-state index in [1.807, 2.05) is 31.2 Å². The number of carbonyl (C=O) groups excluding carboxylic acids is 1. The van der Waals surface area contributed by atoms with Crippen molar-refractivity contribution in [1.82, 2.24) is 0 Å². The zero-order valence-electron chi connectivity index (χ0n) is 13.8. The summed E-state index contributed by atoms with van der Waals surface area (Å²) >= 11 is 17.4. The van der Waals surface area contributed by atoms with Crippen LogP contribution < -0.4 is 4.74 Å². The van der Waals surface area contributed by atoms with Crippen LogP contribution in [0.4, 0.5) is 0 Å². The SMILES string of the molecule is CCOc1ccc(/C=C/C(=O)OCCCCCC[Si](Cl)(Cl)Cl)cc1. The number of halogens is 3. The highest BCUT2D eigenvalue weighted by Gasteiger charge is 2.23. The maximum atomic E-state index is 11.6. The molecule has 1 rings (SSSR count). The first kappa shape index (κ1) is 21.4. The lowest BCUT2D eigenvalue weighted by Crippen LogP contribution is -2.07. The molecule has 3 nitrogen and oxygen atoms in total. The lowest BCUT2D eigenvalue weighted by Gasteiger charge is -2.06. The summed E-state index contributed by atoms with van der Waals surface area (Å²) in [5.41, 5.74) is 0.922. The van der Waals surface area contributed by atoms with E-state index in [0.29, 0.717) is 19.3 Å². The Labute approximate surface area is 159 Å². The average Bonchev–Trinajstić information content (AvgIpc) is 2.52. The Balaban J connectivity index is 2.15. The molecule has 0 radical (unpaired) electrons. The topological polar surface area (TPSA) is 35.5 Å². The van der Waals surface area contributed by atoms with Crippen molar-refractivity contribution in [2.24, 2.45) is 0 Å². The van der Waals surface area contributed by atoms with E-state index in [-0.39, 0.29) is 5.97 Å². The second-order valence-corrected chi connectivity index (χ2v) is 14.6. The zero-order valence-corrected chi connectivity index (χ0v) is 17.0. The summed E-state index contributed by atoms with van der Waals surface area (Å²) in [6.07, 6.45) is 6.84. The fourth-order valence-electron chi connectivity index (χ4n) is 2.01. The highest BCUT2D eigenvalue weighted by Crippen LogP contribution is 2.27. The zero-order chi connectivity index (χ0) is 17.8. The van der Waals surface area contributed by atoms with Crippen LogP contribution >= 0.6 is 33.2 Å². The molecule has 0 amide bonds. The highest BCUT2D eigenvalue weighted by atomic mass is 35.8. The Morgan fingerprint density at radius 2 is 1.75 bits per heavy atom. The first-order chi connectivity index (χ1) is 11.4. The summed E-state index contributed by atoms with van der Waals surface area (Å²) in [5, 5.41) is 0. The highest BCUT2D eigenvalue weighted by molar-refractivity contribution is 7.64. The van der Waals surface area contributed by atoms with Crippen molar-refractivity contribution >= 4 is 51.3 Å². The third kappa shape index (κ3) is 11.0. The Bertz CT molecular complexity index is 513. The van der Waals surface area contributed by atoms with Crippen LogP contribution in [-0.4, -0.2) is 25.2 Å². The fraction of sp³-hybridized carbons (Fsp3) is 0.471. The molecule has 0 saturated heterocycles. The van der Waals surface area contributed by atoms with Gasteiger partial charge in [0.1, 0.15) is 5.75 Å². The molecule has 0 aliphatic rings. The molecule has 1 aromatic carbocycles. The van der Waals surface area contributed by atoms with Gasteiger partial charge >= 0.3 is 12.0 Å². The Hall–Kier alpha value is -0.683. The van der Waals surface area contributed by atoms with E-state index < -0.39 is 6.00 Å². The standard InChI is InChI=1S/C17H23Cl3O3Si/c1-2-22-16-10-7-15(8-11-16)9-12-17(21)23-13-5-3-4-6-14-24(18,19)20/h7-12H,2-6,13-14H2,1H3/b12-9+. The van der Waals surface area contributed by atoms with Gasteiger partial charge in [0.15, 0.2) is 0 Å². The fourth-order valence-corrected chi connectivity index (χ4v) is 3.86. The smallest absolute Gasteiger partial charge is 0.341 e. The van der Waals surface area contributed by atoms with Crippen molar-refractivity contribution in [1.29, 1.82) is 0 Å². The Morgan fingerprint density at radius 1 is 1.08 bits per heavy atom. The molecule has 0 fully saturated rings. The van der Waals surface area contributed by atoms with E-state index in [0.717, 1.165) is 37.0 Å². The van der Waals surface area contributed by atoms with Gasteiger partial charge in [-0.2, -0.15) is 0 Å². The van der Waals surface area contributed by atoms with Gasteiger partial charge in [-0.3, -0.25) is 0 Å². The first-order valence-electron chi connectivity index (χ1n) is 8.05. The minimum Gasteiger partial charge on any atom is -0.494 e. The molecule has 0 saturated carbocycles. The van der Waals surface area contributed by atoms with Crippen LogP contribution in [0.1, 0.15) is 38.2 Å². The molecule has 0 N–H and O–H groups in total. The molecule has 0 aromatic heterocycles. The average molecular weight is 410 g/mol. The molecule has 24 heavy (non-hydrogen) atoms. The minimum atomic E-state index is -2.48. The molecule has 0 unspecified atom stereocenters. The van der Waals surface area contributed by atoms with Crippen molar-refractivity contribution in [3.8, 4) is 5.75 Å². The number of rotatable bonds is 11. The van der Waals surface area contributed by atoms with Gasteiger partial charge in [-0.15, -0.1) is 33.2 Å². The summed E-state index contributed by atoms with van der Waals surface area (Å²) < 4.78 is 10.5. The van der Waals surface area contributed by atoms with Gasteiger partial charge in [0.2, 0.25) is 0 Å². The van der Waals surface area contributed by atoms with Gasteiger partial charge in [-0.25, -0.2) is 4.79 Å². The van der Waals surface area contributed by atoms with Gasteiger partial charge in [0.05, 0.1) is 13.2 Å². The third-order valence-corrected chi connectivity index (χ3v) is 5.82. The molecular formula is C17H23Cl3O3Si. The third-order valence-electron chi connectivity index (χ3n) is 3.20. The van der Waals surface area contributed by atoms with Crippen molar-refractivity contribution in [2.75, 3.05) is 13.2 Å². The summed E-state index contributed by atoms with van der Waals surface area (Å²) in [6, 6.07) is 5.72. The van der Waals surface area contributed by atoms with Crippen LogP contribution in [0.15, 0.2) is 30.3 Å². The van der Waals surface area contributed by atoms with Crippen LogP contribution in [-0.2, 0) is 9.53 Å². The van der Waals surface area contributed by atoms with Crippen LogP contribution in [0.3, 0.4) is 0 Å². The Kier molecular flexibility index (Phi) is 10.5. The van der Waals surface area contributed by atoms with E-state index in [4.69, 9.17) is 42.7 Å². The summed E-state index contributed by atoms with van der Waals surface area (Å²) in [6.45, 7) is 2.98. The summed E-state index contributed by atoms with van der Waals surface area (Å²) in [4.78, 5) is 11.6. The maximum absolute atomic E-state index is 11.6. The number of esters is 1. The van der Waals surface area contributed by atoms with Crippen molar-refractivity contribution in [3.63, 3.8) is 0 Å². The molecule has 0 atom stereocenters. The van der Waals surface area contributed by atoms with Gasteiger partial charge in [0, 0.05) is 6.08 Å². The second kappa shape index (κ2) is 11.8. The quantitative estimate of drug-likeness (QED) is 0.151. The van der Waals surface area contributed by atoms with Crippen LogP contribution in [0, 0.1) is 0 Å². The van der Waals surface area contributed by atoms with E-state index in [2.05, 4.69) is 0 Å². The first-order valence-corrected chi connectivity index (χ1v) is 13.3. The van der Waals surface area contributed by atoms with Gasteiger partial charge in [-0.1, -0.05) is 31.4 Å². The molecule has 0 aliphatic heterocycles. The monoisotopic (exact) mass is 408 g/mol. The summed E-state index contributed by atoms with van der Waals surface area (Å²) in [5.74, 6) is 0.479. The molecule has 134 valence electrons. The van der Waals surface area contributed by atoms with Gasteiger partial charge in [-0.05, 0) is 43.2 Å². The summed E-state index contributed by atoms with van der Waals surface area (Å²) in [7, 11) is 0. The number of carbonyl (C=O) groups is 1. The lowest BCUT2D eigenvalue weighted by molar-refractivity contribution is -0.137. The van der Waals surface area contributed by atoms with Gasteiger partial charge < -0.3 is 9.47 Å². The number of ether oxygens (including phenoxy) is 2. The number of benzene rings is 1. The van der Waals surface area contributed by atoms with Crippen LogP contribution in [0.5, 0.6) is 5.75 Å². The predicted molar refractivity (Wildman–Crippen MR) is 104 cm³/mol. The molecule has 0 aliphatic carbocycles. The molecule has 1 aromatic rings. The molecule has 0 spiro atoms. The largest absolute Gasteiger partial charge is 0.494 e. The van der Waals surface area contributed by atoms with Crippen LogP contribution in [0.25, 0.3) is 6.08 Å². The lowest BCUT2D eigenvalue weighted by atomic mass is 10.2. The Morgan fingerprint density at radius 3 is 2.38 bits per heavy atom. The molecular weight excluding hydrogens is 387 g/mol. The number of hydrogen-bond donors (Lipinski definition) is 0. The van der Waals surface area contributed by atoms with Crippen molar-refractivity contribution in [3.05, 3.63) is 35.9 Å². The van der Waals surface area contributed by atoms with E-state index in [9.17, 15) is 4.79 Å². The van der Waals surface area contributed by atoms with Gasteiger partial charge in [0.25, 0.3) is 0 Å². The van der Waals surface area contributed by atoms with Crippen LogP contribution in [0.2, 0.25) is 6.04 Å². The normalized spacial score (nSPS) is 11.7. The molecule has 0 bridgehead atoms. The van der Waals surface area contributed by atoms with E-state index in [1.54, 1.807) is 6.08 Å². The van der Waals surface area contributed by atoms with Crippen molar-refractivity contribution < 1.29 is 14.3 Å². The van der Waals surface area contributed by atoms with Crippen molar-refractivity contribution in [2.45, 2.75) is 38.7 Å². The predicted octanol–water partition coefficient (Wildman–Crippen LogP) is 5.86. The minimum absolute atomic E-state index is 0.336.